The first kappa shape index (κ1) is 11.3. The number of nitrogens with one attached hydrogen (secondary N) is 2. The second-order valence-electron chi connectivity index (χ2n) is 5.13. The van der Waals surface area contributed by atoms with Crippen LogP contribution < -0.4 is 16.2 Å². The van der Waals surface area contributed by atoms with Crippen molar-refractivity contribution in [1.29, 1.82) is 0 Å². The van der Waals surface area contributed by atoms with Crippen molar-refractivity contribution in [2.24, 2.45) is 9.98 Å². The van der Waals surface area contributed by atoms with Crippen LogP contribution >= 0.6 is 0 Å². The van der Waals surface area contributed by atoms with Crippen molar-refractivity contribution < 1.29 is 0 Å². The van der Waals surface area contributed by atoms with E-state index in [1.165, 1.54) is 0 Å². The number of fused-ring (bicyclic) bond motifs is 2. The number of hydrogen-bond donors (Lipinski definition) is 2. The van der Waals surface area contributed by atoms with E-state index in [0.717, 1.165) is 33.8 Å². The molecule has 0 spiro atoms. The summed E-state index contributed by atoms with van der Waals surface area (Å²) in [6.45, 7) is 3.94. The molecule has 0 amide bonds. The molecule has 100 valence electrons. The Kier molecular flexibility index (Phi) is 2.26. The van der Waals surface area contributed by atoms with E-state index in [0.29, 0.717) is 0 Å². The Morgan fingerprint density at radius 3 is 2.85 bits per heavy atom. The smallest absolute Gasteiger partial charge is 0.175 e. The second kappa shape index (κ2) is 4.00. The van der Waals surface area contributed by atoms with Crippen molar-refractivity contribution in [2.75, 3.05) is 0 Å². The van der Waals surface area contributed by atoms with E-state index in [1.807, 2.05) is 32.2 Å². The van der Waals surface area contributed by atoms with E-state index in [9.17, 15) is 0 Å². The zero-order valence-corrected chi connectivity index (χ0v) is 11.3. The number of H-pyrrole nitrogens is 1. The van der Waals surface area contributed by atoms with E-state index >= 15 is 0 Å². The maximum absolute atomic E-state index is 4.66. The minimum atomic E-state index is -0.0803. The van der Waals surface area contributed by atoms with Crippen LogP contribution in [0.3, 0.4) is 0 Å². The quantitative estimate of drug-likeness (QED) is 0.736. The van der Waals surface area contributed by atoms with Gasteiger partial charge in [-0.2, -0.15) is 0 Å². The fourth-order valence-electron chi connectivity index (χ4n) is 2.48. The fourth-order valence-corrected chi connectivity index (χ4v) is 2.48. The molecule has 2 aliphatic rings. The van der Waals surface area contributed by atoms with Crippen LogP contribution in [0.25, 0.3) is 6.08 Å². The third kappa shape index (κ3) is 1.72. The fraction of sp³-hybridized carbons (Fsp3) is 0.286. The molecular formula is C14H14N6. The monoisotopic (exact) mass is 266 g/mol. The molecule has 2 aromatic rings. The highest BCUT2D eigenvalue weighted by Crippen LogP contribution is 2.14. The molecule has 4 heterocycles. The molecular weight excluding hydrogens is 252 g/mol. The number of aryl methyl sites for hydroxylation is 2. The molecule has 2 aromatic heterocycles. The number of imidazole rings is 1. The van der Waals surface area contributed by atoms with Gasteiger partial charge in [0.2, 0.25) is 0 Å². The van der Waals surface area contributed by atoms with Crippen LogP contribution in [0, 0.1) is 13.8 Å². The van der Waals surface area contributed by atoms with Crippen LogP contribution in [0.1, 0.15) is 17.1 Å². The van der Waals surface area contributed by atoms with Crippen molar-refractivity contribution in [3.8, 4) is 0 Å². The summed E-state index contributed by atoms with van der Waals surface area (Å²) >= 11 is 0. The Morgan fingerprint density at radius 1 is 1.15 bits per heavy atom. The van der Waals surface area contributed by atoms with E-state index in [2.05, 4.69) is 36.3 Å². The summed E-state index contributed by atoms with van der Waals surface area (Å²) in [6, 6.07) is 4.00. The van der Waals surface area contributed by atoms with Crippen molar-refractivity contribution in [3.63, 3.8) is 0 Å². The first-order valence-electron chi connectivity index (χ1n) is 6.59. The van der Waals surface area contributed by atoms with E-state index in [1.54, 1.807) is 0 Å². The minimum Gasteiger partial charge on any atom is -0.345 e. The Labute approximate surface area is 115 Å². The van der Waals surface area contributed by atoms with Gasteiger partial charge in [-0.15, -0.1) is 0 Å². The lowest BCUT2D eigenvalue weighted by molar-refractivity contribution is 0.603. The molecule has 2 atom stereocenters. The molecule has 2 N–H and O–H groups in total. The zero-order valence-electron chi connectivity index (χ0n) is 11.3. The minimum absolute atomic E-state index is 0.000420. The van der Waals surface area contributed by atoms with E-state index in [4.69, 9.17) is 0 Å². The van der Waals surface area contributed by atoms with E-state index in [-0.39, 0.29) is 12.2 Å². The molecule has 6 heteroatoms. The maximum Gasteiger partial charge on any atom is 0.175 e. The highest BCUT2D eigenvalue weighted by Gasteiger charge is 2.29. The number of aromatic amines is 1. The van der Waals surface area contributed by atoms with Gasteiger partial charge in [-0.1, -0.05) is 6.07 Å². The van der Waals surface area contributed by atoms with Gasteiger partial charge in [0.25, 0.3) is 0 Å². The lowest BCUT2D eigenvalue weighted by Gasteiger charge is -2.12. The van der Waals surface area contributed by atoms with E-state index < -0.39 is 0 Å². The highest BCUT2D eigenvalue weighted by molar-refractivity contribution is 5.99. The van der Waals surface area contributed by atoms with Gasteiger partial charge < -0.3 is 10.3 Å². The average Bonchev–Trinajstić information content (AvgIpc) is 2.97. The SMILES string of the molecule is Cc1ccc(C2=NC3C=c4[nH]c(C)nc4=NC3N2)nc1. The summed E-state index contributed by atoms with van der Waals surface area (Å²) in [5.41, 5.74) is 2.74. The van der Waals surface area contributed by atoms with Crippen LogP contribution in [0.5, 0.6) is 0 Å². The van der Waals surface area contributed by atoms with Gasteiger partial charge in [-0.25, -0.2) is 9.98 Å². The normalized spacial score (nSPS) is 23.0. The van der Waals surface area contributed by atoms with Gasteiger partial charge in [0.1, 0.15) is 29.6 Å². The molecule has 0 saturated carbocycles. The first-order valence-corrected chi connectivity index (χ1v) is 6.59. The number of aliphatic imine (C=N–C) groups is 1. The maximum atomic E-state index is 4.66. The Hall–Kier alpha value is -2.50. The predicted octanol–water partition coefficient (Wildman–Crippen LogP) is -0.420. The molecule has 20 heavy (non-hydrogen) atoms. The van der Waals surface area contributed by atoms with Crippen LogP contribution in [0.15, 0.2) is 28.3 Å². The van der Waals surface area contributed by atoms with Crippen molar-refractivity contribution in [1.82, 2.24) is 20.3 Å². The largest absolute Gasteiger partial charge is 0.345 e. The molecule has 4 rings (SSSR count). The molecule has 6 nitrogen and oxygen atoms in total. The molecule has 0 radical (unpaired) electrons. The number of amidine groups is 1. The van der Waals surface area contributed by atoms with Gasteiger partial charge in [0.05, 0.1) is 5.35 Å². The van der Waals surface area contributed by atoms with Gasteiger partial charge >= 0.3 is 0 Å². The Morgan fingerprint density at radius 2 is 2.05 bits per heavy atom. The molecule has 0 fully saturated rings. The summed E-state index contributed by atoms with van der Waals surface area (Å²) in [6.07, 6.45) is 3.83. The molecule has 0 aliphatic carbocycles. The van der Waals surface area contributed by atoms with Crippen LogP contribution in [-0.2, 0) is 0 Å². The van der Waals surface area contributed by atoms with Gasteiger partial charge in [-0.05, 0) is 31.6 Å². The summed E-state index contributed by atoms with van der Waals surface area (Å²) in [5.74, 6) is 1.67. The summed E-state index contributed by atoms with van der Waals surface area (Å²) in [5, 5.41) is 4.27. The Bertz CT molecular complexity index is 814. The number of nitrogens with zero attached hydrogens (tertiary/aromatic N) is 4. The predicted molar refractivity (Wildman–Crippen MR) is 74.8 cm³/mol. The van der Waals surface area contributed by atoms with Crippen LogP contribution in [0.4, 0.5) is 0 Å². The average molecular weight is 266 g/mol. The topological polar surface area (TPSA) is 78.3 Å². The first-order chi connectivity index (χ1) is 9.69. The summed E-state index contributed by atoms with van der Waals surface area (Å²) in [4.78, 5) is 21.2. The number of pyridine rings is 1. The second-order valence-corrected chi connectivity index (χ2v) is 5.13. The van der Waals surface area contributed by atoms with Crippen LogP contribution in [-0.4, -0.2) is 33.0 Å². The third-order valence-electron chi connectivity index (χ3n) is 3.47. The van der Waals surface area contributed by atoms with Crippen molar-refractivity contribution in [3.05, 3.63) is 46.2 Å². The number of aromatic nitrogens is 3. The molecule has 0 aromatic carbocycles. The summed E-state index contributed by atoms with van der Waals surface area (Å²) < 4.78 is 0. The zero-order chi connectivity index (χ0) is 13.7. The molecule has 0 bridgehead atoms. The third-order valence-corrected chi connectivity index (χ3v) is 3.47. The lowest BCUT2D eigenvalue weighted by Crippen LogP contribution is -2.42. The molecule has 2 aliphatic heterocycles. The van der Waals surface area contributed by atoms with Crippen LogP contribution in [0.2, 0.25) is 0 Å². The Balaban J connectivity index is 1.72. The van der Waals surface area contributed by atoms with Gasteiger partial charge in [-0.3, -0.25) is 9.98 Å². The number of rotatable bonds is 1. The standard InChI is InChI=1S/C14H14N6/c1-7-3-4-9(15-6-7)12-18-11-5-10-13(17-8(2)16-10)20-14(11)19-12/h3-6,11,14H,1-2H3,(H,18,19)(H,16,17,20). The molecule has 2 unspecified atom stereocenters. The van der Waals surface area contributed by atoms with Crippen molar-refractivity contribution >= 4 is 11.9 Å². The lowest BCUT2D eigenvalue weighted by atomic mass is 10.2. The highest BCUT2D eigenvalue weighted by atomic mass is 15.2. The van der Waals surface area contributed by atoms with Crippen molar-refractivity contribution in [2.45, 2.75) is 26.1 Å². The number of hydrogen-bond acceptors (Lipinski definition) is 5. The van der Waals surface area contributed by atoms with Gasteiger partial charge in [0.15, 0.2) is 5.49 Å². The van der Waals surface area contributed by atoms with Gasteiger partial charge in [0, 0.05) is 6.20 Å². The summed E-state index contributed by atoms with van der Waals surface area (Å²) in [7, 11) is 0. The molecule has 0 saturated heterocycles.